The average molecular weight is 143 g/mol. The van der Waals surface area contributed by atoms with Gasteiger partial charge in [0.2, 0.25) is 0 Å². The van der Waals surface area contributed by atoms with Crippen LogP contribution < -0.4 is 0 Å². The summed E-state index contributed by atoms with van der Waals surface area (Å²) in [6.45, 7) is 3.19. The van der Waals surface area contributed by atoms with Crippen molar-refractivity contribution in [1.29, 1.82) is 0 Å². The fourth-order valence-electron chi connectivity index (χ4n) is 1.69. The predicted molar refractivity (Wildman–Crippen MR) is 41.9 cm³/mol. The zero-order chi connectivity index (χ0) is 7.56. The van der Waals surface area contributed by atoms with Crippen molar-refractivity contribution in [2.45, 2.75) is 38.3 Å². The highest BCUT2D eigenvalue weighted by molar-refractivity contribution is 4.81. The molecule has 0 aromatic heterocycles. The van der Waals surface area contributed by atoms with Gasteiger partial charge in [0, 0.05) is 6.04 Å². The molecule has 0 amide bonds. The molecule has 1 rings (SSSR count). The van der Waals surface area contributed by atoms with Gasteiger partial charge in [-0.1, -0.05) is 6.92 Å². The molecule has 60 valence electrons. The SMILES string of the molecule is CC[C@H](O)[C@H]1CCCN1C. The number of aliphatic hydroxyl groups excluding tert-OH is 1. The minimum absolute atomic E-state index is 0.104. The molecule has 2 nitrogen and oxygen atoms in total. The summed E-state index contributed by atoms with van der Waals surface area (Å²) in [6, 6.07) is 0.435. The maximum absolute atomic E-state index is 9.49. The van der Waals surface area contributed by atoms with Gasteiger partial charge >= 0.3 is 0 Å². The van der Waals surface area contributed by atoms with Crippen LogP contribution in [0.15, 0.2) is 0 Å². The Labute approximate surface area is 62.8 Å². The van der Waals surface area contributed by atoms with Crippen molar-refractivity contribution >= 4 is 0 Å². The number of rotatable bonds is 2. The second-order valence-corrected chi connectivity index (χ2v) is 3.17. The van der Waals surface area contributed by atoms with Gasteiger partial charge in [0.1, 0.15) is 0 Å². The lowest BCUT2D eigenvalue weighted by Crippen LogP contribution is -2.35. The van der Waals surface area contributed by atoms with Crippen molar-refractivity contribution in [2.75, 3.05) is 13.6 Å². The van der Waals surface area contributed by atoms with Crippen LogP contribution in [0, 0.1) is 0 Å². The van der Waals surface area contributed by atoms with E-state index in [-0.39, 0.29) is 6.10 Å². The third-order valence-electron chi connectivity index (χ3n) is 2.44. The molecule has 2 heteroatoms. The first-order valence-corrected chi connectivity index (χ1v) is 4.14. The summed E-state index contributed by atoms with van der Waals surface area (Å²) in [4.78, 5) is 2.26. The van der Waals surface area contributed by atoms with Gasteiger partial charge in [0.25, 0.3) is 0 Å². The second-order valence-electron chi connectivity index (χ2n) is 3.17. The van der Waals surface area contributed by atoms with Crippen LogP contribution in [0.25, 0.3) is 0 Å². The first-order chi connectivity index (χ1) is 4.75. The van der Waals surface area contributed by atoms with E-state index in [0.29, 0.717) is 6.04 Å². The Morgan fingerprint density at radius 1 is 1.70 bits per heavy atom. The lowest BCUT2D eigenvalue weighted by molar-refractivity contribution is 0.0826. The lowest BCUT2D eigenvalue weighted by atomic mass is 10.1. The number of nitrogens with zero attached hydrogens (tertiary/aromatic N) is 1. The van der Waals surface area contributed by atoms with Crippen LogP contribution in [0.4, 0.5) is 0 Å². The quantitative estimate of drug-likeness (QED) is 0.619. The predicted octanol–water partition coefficient (Wildman–Crippen LogP) is 0.851. The van der Waals surface area contributed by atoms with E-state index in [1.165, 1.54) is 12.8 Å². The van der Waals surface area contributed by atoms with E-state index >= 15 is 0 Å². The molecule has 0 unspecified atom stereocenters. The van der Waals surface area contributed by atoms with Gasteiger partial charge in [-0.05, 0) is 32.9 Å². The third-order valence-corrected chi connectivity index (χ3v) is 2.44. The van der Waals surface area contributed by atoms with Gasteiger partial charge in [-0.2, -0.15) is 0 Å². The van der Waals surface area contributed by atoms with E-state index in [1.807, 2.05) is 6.92 Å². The Morgan fingerprint density at radius 3 is 2.80 bits per heavy atom. The summed E-state index contributed by atoms with van der Waals surface area (Å²) in [5.41, 5.74) is 0. The van der Waals surface area contributed by atoms with Crippen molar-refractivity contribution < 1.29 is 5.11 Å². The standard InChI is InChI=1S/C8H17NO/c1-3-8(10)7-5-4-6-9(7)2/h7-8,10H,3-6H2,1-2H3/t7-,8+/m1/s1. The first-order valence-electron chi connectivity index (χ1n) is 4.14. The molecule has 1 fully saturated rings. The minimum Gasteiger partial charge on any atom is -0.392 e. The van der Waals surface area contributed by atoms with E-state index in [4.69, 9.17) is 0 Å². The Bertz CT molecular complexity index is 105. The van der Waals surface area contributed by atoms with Crippen molar-refractivity contribution in [3.63, 3.8) is 0 Å². The summed E-state index contributed by atoms with van der Waals surface area (Å²) in [6.07, 6.45) is 3.20. The normalized spacial score (nSPS) is 30.9. The van der Waals surface area contributed by atoms with Crippen LogP contribution in [0.2, 0.25) is 0 Å². The Morgan fingerprint density at radius 2 is 2.40 bits per heavy atom. The average Bonchev–Trinajstić information content (AvgIpc) is 2.34. The molecule has 1 aliphatic rings. The molecule has 0 spiro atoms. The van der Waals surface area contributed by atoms with Gasteiger partial charge < -0.3 is 10.0 Å². The van der Waals surface area contributed by atoms with Crippen molar-refractivity contribution in [3.05, 3.63) is 0 Å². The van der Waals surface area contributed by atoms with E-state index < -0.39 is 0 Å². The summed E-state index contributed by atoms with van der Waals surface area (Å²) >= 11 is 0. The maximum atomic E-state index is 9.49. The van der Waals surface area contributed by atoms with Gasteiger partial charge in [0.15, 0.2) is 0 Å². The molecule has 1 aliphatic heterocycles. The fraction of sp³-hybridized carbons (Fsp3) is 1.00. The van der Waals surface area contributed by atoms with Crippen LogP contribution in [-0.4, -0.2) is 35.7 Å². The summed E-state index contributed by atoms with van der Waals surface area (Å²) in [5, 5.41) is 9.49. The number of likely N-dealkylation sites (tertiary alicyclic amines) is 1. The van der Waals surface area contributed by atoms with Crippen LogP contribution in [-0.2, 0) is 0 Å². The Hall–Kier alpha value is -0.0800. The second kappa shape index (κ2) is 3.35. The molecule has 1 saturated heterocycles. The first kappa shape index (κ1) is 8.02. The van der Waals surface area contributed by atoms with E-state index in [2.05, 4.69) is 11.9 Å². The van der Waals surface area contributed by atoms with Crippen LogP contribution >= 0.6 is 0 Å². The number of aliphatic hydroxyl groups is 1. The van der Waals surface area contributed by atoms with Crippen molar-refractivity contribution in [3.8, 4) is 0 Å². The molecule has 1 N–H and O–H groups in total. The topological polar surface area (TPSA) is 23.5 Å². The molecule has 0 bridgehead atoms. The molecular weight excluding hydrogens is 126 g/mol. The molecule has 10 heavy (non-hydrogen) atoms. The number of likely N-dealkylation sites (N-methyl/N-ethyl adjacent to an activating group) is 1. The Balaban J connectivity index is 2.38. The van der Waals surface area contributed by atoms with Crippen LogP contribution in [0.5, 0.6) is 0 Å². The van der Waals surface area contributed by atoms with Gasteiger partial charge in [-0.3, -0.25) is 0 Å². The molecule has 1 heterocycles. The van der Waals surface area contributed by atoms with E-state index in [0.717, 1.165) is 13.0 Å². The summed E-state index contributed by atoms with van der Waals surface area (Å²) < 4.78 is 0. The largest absolute Gasteiger partial charge is 0.392 e. The van der Waals surface area contributed by atoms with E-state index in [9.17, 15) is 5.11 Å². The van der Waals surface area contributed by atoms with E-state index in [1.54, 1.807) is 0 Å². The smallest absolute Gasteiger partial charge is 0.0692 e. The van der Waals surface area contributed by atoms with Gasteiger partial charge in [-0.15, -0.1) is 0 Å². The Kier molecular flexibility index (Phi) is 2.69. The number of hydrogen-bond donors (Lipinski definition) is 1. The van der Waals surface area contributed by atoms with Gasteiger partial charge in [-0.25, -0.2) is 0 Å². The van der Waals surface area contributed by atoms with Gasteiger partial charge in [0.05, 0.1) is 6.10 Å². The molecule has 2 atom stereocenters. The summed E-state index contributed by atoms with van der Waals surface area (Å²) in [7, 11) is 2.09. The summed E-state index contributed by atoms with van der Waals surface area (Å²) in [5.74, 6) is 0. The molecule has 0 radical (unpaired) electrons. The minimum atomic E-state index is -0.104. The highest BCUT2D eigenvalue weighted by Crippen LogP contribution is 2.19. The van der Waals surface area contributed by atoms with Crippen molar-refractivity contribution in [1.82, 2.24) is 4.90 Å². The van der Waals surface area contributed by atoms with Crippen molar-refractivity contribution in [2.24, 2.45) is 0 Å². The van der Waals surface area contributed by atoms with Crippen LogP contribution in [0.1, 0.15) is 26.2 Å². The highest BCUT2D eigenvalue weighted by Gasteiger charge is 2.26. The molecule has 0 aromatic carbocycles. The zero-order valence-electron chi connectivity index (χ0n) is 6.88. The number of hydrogen-bond acceptors (Lipinski definition) is 2. The molecule has 0 aromatic rings. The highest BCUT2D eigenvalue weighted by atomic mass is 16.3. The molecule has 0 saturated carbocycles. The third kappa shape index (κ3) is 1.50. The zero-order valence-corrected chi connectivity index (χ0v) is 6.88. The lowest BCUT2D eigenvalue weighted by Gasteiger charge is -2.23. The molecule has 0 aliphatic carbocycles. The molecular formula is C8H17NO. The van der Waals surface area contributed by atoms with Crippen LogP contribution in [0.3, 0.4) is 0 Å². The fourth-order valence-corrected chi connectivity index (χ4v) is 1.69. The monoisotopic (exact) mass is 143 g/mol. The maximum Gasteiger partial charge on any atom is 0.0692 e.